The van der Waals surface area contributed by atoms with Gasteiger partial charge in [0.25, 0.3) is 5.91 Å². The lowest BCUT2D eigenvalue weighted by atomic mass is 9.88. The molecule has 6 nitrogen and oxygen atoms in total. The quantitative estimate of drug-likeness (QED) is 0.565. The van der Waals surface area contributed by atoms with Gasteiger partial charge in [-0.05, 0) is 55.0 Å². The van der Waals surface area contributed by atoms with E-state index in [-0.39, 0.29) is 34.2 Å². The van der Waals surface area contributed by atoms with Crippen LogP contribution in [0.25, 0.3) is 0 Å². The molecule has 2 aromatic rings. The first-order valence-electron chi connectivity index (χ1n) is 10.2. The topological polar surface area (TPSA) is 84.5 Å². The molecule has 8 heteroatoms. The number of carbonyl (C=O) groups excluding carboxylic acids is 1. The number of amides is 1. The van der Waals surface area contributed by atoms with Gasteiger partial charge in [-0.25, -0.2) is 13.1 Å². The van der Waals surface area contributed by atoms with Crippen molar-refractivity contribution in [1.29, 1.82) is 0 Å². The van der Waals surface area contributed by atoms with Crippen molar-refractivity contribution in [3.63, 3.8) is 0 Å². The SMILES string of the molecule is CCCCNS(=O)(=O)c1ccc(OCC(=O)N[C@H]2CCCc3ccccc32)c(Cl)c1. The molecular weight excluding hydrogens is 424 g/mol. The van der Waals surface area contributed by atoms with Crippen molar-refractivity contribution in [2.75, 3.05) is 13.2 Å². The third-order valence-electron chi connectivity index (χ3n) is 5.10. The molecule has 0 unspecified atom stereocenters. The molecule has 2 N–H and O–H groups in total. The van der Waals surface area contributed by atoms with E-state index in [1.807, 2.05) is 25.1 Å². The van der Waals surface area contributed by atoms with E-state index in [0.29, 0.717) is 6.54 Å². The summed E-state index contributed by atoms with van der Waals surface area (Å²) >= 11 is 6.19. The van der Waals surface area contributed by atoms with Gasteiger partial charge in [-0.2, -0.15) is 0 Å². The summed E-state index contributed by atoms with van der Waals surface area (Å²) in [4.78, 5) is 12.5. The molecule has 0 bridgehead atoms. The minimum absolute atomic E-state index is 0.0248. The van der Waals surface area contributed by atoms with Gasteiger partial charge < -0.3 is 10.1 Å². The van der Waals surface area contributed by atoms with Gasteiger partial charge in [0.05, 0.1) is 16.0 Å². The van der Waals surface area contributed by atoms with Gasteiger partial charge in [-0.1, -0.05) is 49.2 Å². The lowest BCUT2D eigenvalue weighted by Crippen LogP contribution is -2.34. The molecule has 0 aliphatic heterocycles. The van der Waals surface area contributed by atoms with Gasteiger partial charge in [-0.3, -0.25) is 4.79 Å². The van der Waals surface area contributed by atoms with E-state index in [0.717, 1.165) is 37.7 Å². The zero-order valence-electron chi connectivity index (χ0n) is 17.0. The lowest BCUT2D eigenvalue weighted by molar-refractivity contribution is -0.123. The van der Waals surface area contributed by atoms with E-state index in [9.17, 15) is 13.2 Å². The molecule has 0 radical (unpaired) electrons. The molecule has 0 saturated carbocycles. The first-order chi connectivity index (χ1) is 14.4. The summed E-state index contributed by atoms with van der Waals surface area (Å²) in [5, 5.41) is 3.16. The number of fused-ring (bicyclic) bond motifs is 1. The Hall–Kier alpha value is -2.09. The molecule has 3 rings (SSSR count). The van der Waals surface area contributed by atoms with Crippen LogP contribution >= 0.6 is 11.6 Å². The highest BCUT2D eigenvalue weighted by Crippen LogP contribution is 2.30. The first-order valence-corrected chi connectivity index (χ1v) is 12.1. The highest BCUT2D eigenvalue weighted by molar-refractivity contribution is 7.89. The Bertz CT molecular complexity index is 994. The summed E-state index contributed by atoms with van der Waals surface area (Å²) in [6, 6.07) is 12.3. The van der Waals surface area contributed by atoms with Gasteiger partial charge in [0, 0.05) is 6.54 Å². The third kappa shape index (κ3) is 5.74. The molecule has 0 spiro atoms. The largest absolute Gasteiger partial charge is 0.482 e. The molecule has 1 aliphatic rings. The van der Waals surface area contributed by atoms with E-state index in [4.69, 9.17) is 16.3 Å². The van der Waals surface area contributed by atoms with Crippen molar-refractivity contribution in [3.05, 3.63) is 58.6 Å². The fraction of sp³-hybridized carbons (Fsp3) is 0.409. The summed E-state index contributed by atoms with van der Waals surface area (Å²) < 4.78 is 32.6. The normalized spacial score (nSPS) is 16.0. The van der Waals surface area contributed by atoms with E-state index in [1.165, 1.54) is 23.8 Å². The maximum absolute atomic E-state index is 12.4. The van der Waals surface area contributed by atoms with Crippen LogP contribution in [0.3, 0.4) is 0 Å². The monoisotopic (exact) mass is 450 g/mol. The maximum Gasteiger partial charge on any atom is 0.258 e. The number of unbranched alkanes of at least 4 members (excludes halogenated alkanes) is 1. The number of halogens is 1. The Balaban J connectivity index is 1.58. The number of benzene rings is 2. The fourth-order valence-corrected chi connectivity index (χ4v) is 4.92. The zero-order valence-corrected chi connectivity index (χ0v) is 18.6. The Morgan fingerprint density at radius 3 is 2.80 bits per heavy atom. The number of rotatable bonds is 9. The smallest absolute Gasteiger partial charge is 0.258 e. The summed E-state index contributed by atoms with van der Waals surface area (Å²) in [5.41, 5.74) is 2.42. The second-order valence-corrected chi connectivity index (χ2v) is 9.52. The number of hydrogen-bond acceptors (Lipinski definition) is 4. The van der Waals surface area contributed by atoms with Crippen LogP contribution < -0.4 is 14.8 Å². The minimum atomic E-state index is -3.62. The van der Waals surface area contributed by atoms with Crippen LogP contribution in [-0.4, -0.2) is 27.5 Å². The average Bonchev–Trinajstić information content (AvgIpc) is 2.73. The summed E-state index contributed by atoms with van der Waals surface area (Å²) in [7, 11) is -3.62. The van der Waals surface area contributed by atoms with Gasteiger partial charge in [0.1, 0.15) is 5.75 Å². The van der Waals surface area contributed by atoms with Crippen LogP contribution in [0.1, 0.15) is 49.8 Å². The Kier molecular flexibility index (Phi) is 7.75. The zero-order chi connectivity index (χ0) is 21.6. The molecule has 30 heavy (non-hydrogen) atoms. The molecule has 0 heterocycles. The van der Waals surface area contributed by atoms with Crippen molar-refractivity contribution in [2.45, 2.75) is 50.0 Å². The molecule has 0 aromatic heterocycles. The van der Waals surface area contributed by atoms with Crippen molar-refractivity contribution in [1.82, 2.24) is 10.0 Å². The summed E-state index contributed by atoms with van der Waals surface area (Å²) in [6.07, 6.45) is 4.59. The third-order valence-corrected chi connectivity index (χ3v) is 6.85. The number of sulfonamides is 1. The number of hydrogen-bond donors (Lipinski definition) is 2. The Labute approximate surface area is 183 Å². The van der Waals surface area contributed by atoms with E-state index in [2.05, 4.69) is 16.1 Å². The van der Waals surface area contributed by atoms with Crippen molar-refractivity contribution in [3.8, 4) is 5.75 Å². The Morgan fingerprint density at radius 2 is 2.03 bits per heavy atom. The highest BCUT2D eigenvalue weighted by Gasteiger charge is 2.22. The molecule has 1 amide bonds. The van der Waals surface area contributed by atoms with Crippen LogP contribution in [0.15, 0.2) is 47.4 Å². The standard InChI is InChI=1S/C22H27ClN2O4S/c1-2-3-13-24-30(27,28)17-11-12-21(19(23)14-17)29-15-22(26)25-20-10-6-8-16-7-4-5-9-18(16)20/h4-5,7,9,11-12,14,20,24H,2-3,6,8,10,13,15H2,1H3,(H,25,26)/t20-/m0/s1. The predicted octanol–water partition coefficient (Wildman–Crippen LogP) is 3.99. The number of carbonyl (C=O) groups is 1. The van der Waals surface area contributed by atoms with E-state index in [1.54, 1.807) is 0 Å². The minimum Gasteiger partial charge on any atom is -0.482 e. The van der Waals surface area contributed by atoms with E-state index < -0.39 is 10.0 Å². The van der Waals surface area contributed by atoms with Crippen LogP contribution in [0.4, 0.5) is 0 Å². The van der Waals surface area contributed by atoms with Gasteiger partial charge in [0.2, 0.25) is 10.0 Å². The lowest BCUT2D eigenvalue weighted by Gasteiger charge is -2.26. The fourth-order valence-electron chi connectivity index (χ4n) is 3.52. The second kappa shape index (κ2) is 10.3. The summed E-state index contributed by atoms with van der Waals surface area (Å²) in [5.74, 6) is 0.0223. The van der Waals surface area contributed by atoms with Crippen LogP contribution in [0.2, 0.25) is 5.02 Å². The maximum atomic E-state index is 12.4. The predicted molar refractivity (Wildman–Crippen MR) is 117 cm³/mol. The van der Waals surface area contributed by atoms with Crippen LogP contribution in [0, 0.1) is 0 Å². The van der Waals surface area contributed by atoms with Crippen LogP contribution in [0.5, 0.6) is 5.75 Å². The molecule has 1 aliphatic carbocycles. The van der Waals surface area contributed by atoms with Gasteiger partial charge in [0.15, 0.2) is 6.61 Å². The number of ether oxygens (including phenoxy) is 1. The van der Waals surface area contributed by atoms with Crippen molar-refractivity contribution < 1.29 is 17.9 Å². The number of aryl methyl sites for hydroxylation is 1. The summed E-state index contributed by atoms with van der Waals surface area (Å²) in [6.45, 7) is 2.17. The number of nitrogens with one attached hydrogen (secondary N) is 2. The van der Waals surface area contributed by atoms with E-state index >= 15 is 0 Å². The molecule has 0 saturated heterocycles. The van der Waals surface area contributed by atoms with Gasteiger partial charge in [-0.15, -0.1) is 0 Å². The molecule has 2 aromatic carbocycles. The Morgan fingerprint density at radius 1 is 1.23 bits per heavy atom. The molecule has 162 valence electrons. The average molecular weight is 451 g/mol. The highest BCUT2D eigenvalue weighted by atomic mass is 35.5. The van der Waals surface area contributed by atoms with Crippen LogP contribution in [-0.2, 0) is 21.2 Å². The first kappa shape index (κ1) is 22.6. The second-order valence-electron chi connectivity index (χ2n) is 7.34. The van der Waals surface area contributed by atoms with Crippen molar-refractivity contribution in [2.24, 2.45) is 0 Å². The molecular formula is C22H27ClN2O4S. The van der Waals surface area contributed by atoms with Gasteiger partial charge >= 0.3 is 0 Å². The van der Waals surface area contributed by atoms with Crippen molar-refractivity contribution >= 4 is 27.5 Å². The molecule has 1 atom stereocenters. The molecule has 0 fully saturated rings.